The van der Waals surface area contributed by atoms with Crippen molar-refractivity contribution >= 4 is 28.1 Å². The number of nitrogens with zero attached hydrogens (tertiary/aromatic N) is 1. The first kappa shape index (κ1) is 15.3. The van der Waals surface area contributed by atoms with Gasteiger partial charge in [0.15, 0.2) is 6.61 Å². The summed E-state index contributed by atoms with van der Waals surface area (Å²) in [4.78, 5) is 14.8. The Kier molecular flexibility index (Phi) is 5.16. The fourth-order valence-electron chi connectivity index (χ4n) is 1.79. The molecular formula is C15H16BrN3O2. The normalized spacial score (nSPS) is 10.8. The Hall–Kier alpha value is -2.08. The van der Waals surface area contributed by atoms with Crippen molar-refractivity contribution in [2.24, 2.45) is 5.10 Å². The van der Waals surface area contributed by atoms with E-state index in [9.17, 15) is 4.79 Å². The highest BCUT2D eigenvalue weighted by molar-refractivity contribution is 9.10. The van der Waals surface area contributed by atoms with Gasteiger partial charge in [-0.2, -0.15) is 5.10 Å². The van der Waals surface area contributed by atoms with Crippen molar-refractivity contribution in [2.45, 2.75) is 13.8 Å². The van der Waals surface area contributed by atoms with Crippen LogP contribution in [0.2, 0.25) is 0 Å². The molecular weight excluding hydrogens is 334 g/mol. The lowest BCUT2D eigenvalue weighted by Gasteiger charge is -2.04. The van der Waals surface area contributed by atoms with E-state index in [1.54, 1.807) is 18.3 Å². The zero-order chi connectivity index (χ0) is 15.2. The first-order valence-corrected chi connectivity index (χ1v) is 7.20. The average Bonchev–Trinajstić information content (AvgIpc) is 2.75. The van der Waals surface area contributed by atoms with Crippen molar-refractivity contribution in [3.63, 3.8) is 0 Å². The Morgan fingerprint density at radius 3 is 2.90 bits per heavy atom. The molecule has 2 rings (SSSR count). The number of aromatic nitrogens is 1. The van der Waals surface area contributed by atoms with Crippen molar-refractivity contribution in [1.29, 1.82) is 0 Å². The summed E-state index contributed by atoms with van der Waals surface area (Å²) in [5.74, 6) is 0.316. The Morgan fingerprint density at radius 2 is 2.24 bits per heavy atom. The number of hydrazone groups is 1. The third kappa shape index (κ3) is 4.75. The molecule has 0 aliphatic heterocycles. The van der Waals surface area contributed by atoms with Gasteiger partial charge in [-0.15, -0.1) is 0 Å². The van der Waals surface area contributed by atoms with Gasteiger partial charge in [-0.1, -0.05) is 22.0 Å². The van der Waals surface area contributed by atoms with Crippen molar-refractivity contribution in [3.05, 3.63) is 51.8 Å². The number of rotatable bonds is 5. The van der Waals surface area contributed by atoms with Crippen molar-refractivity contribution in [1.82, 2.24) is 10.4 Å². The highest BCUT2D eigenvalue weighted by Crippen LogP contribution is 2.17. The van der Waals surface area contributed by atoms with E-state index in [-0.39, 0.29) is 12.5 Å². The number of halogens is 1. The van der Waals surface area contributed by atoms with Gasteiger partial charge in [-0.25, -0.2) is 5.43 Å². The number of hydrogen-bond acceptors (Lipinski definition) is 3. The van der Waals surface area contributed by atoms with E-state index >= 15 is 0 Å². The zero-order valence-corrected chi connectivity index (χ0v) is 13.4. The molecule has 2 N–H and O–H groups in total. The second kappa shape index (κ2) is 7.08. The summed E-state index contributed by atoms with van der Waals surface area (Å²) < 4.78 is 6.26. The van der Waals surface area contributed by atoms with Gasteiger partial charge >= 0.3 is 0 Å². The topological polar surface area (TPSA) is 66.5 Å². The smallest absolute Gasteiger partial charge is 0.277 e. The fraction of sp³-hybridized carbons (Fsp3) is 0.200. The van der Waals surface area contributed by atoms with Crippen LogP contribution in [-0.4, -0.2) is 23.7 Å². The molecule has 0 aliphatic carbocycles. The summed E-state index contributed by atoms with van der Waals surface area (Å²) in [6.45, 7) is 3.83. The molecule has 0 spiro atoms. The maximum atomic E-state index is 11.6. The molecule has 1 aromatic carbocycles. The first-order chi connectivity index (χ1) is 10.0. The lowest BCUT2D eigenvalue weighted by atomic mass is 10.3. The largest absolute Gasteiger partial charge is 0.484 e. The standard InChI is InChI=1S/C15H16BrN3O2/c1-10-6-12(11(2)18-10)8-17-19-15(20)9-21-14-5-3-4-13(16)7-14/h3-8,18H,9H2,1-2H3,(H,19,20)/b17-8+. The summed E-state index contributed by atoms with van der Waals surface area (Å²) >= 11 is 3.34. The Bertz CT molecular complexity index is 665. The quantitative estimate of drug-likeness (QED) is 0.643. The lowest BCUT2D eigenvalue weighted by molar-refractivity contribution is -0.123. The van der Waals surface area contributed by atoms with Crippen molar-refractivity contribution in [2.75, 3.05) is 6.61 Å². The summed E-state index contributed by atoms with van der Waals surface area (Å²) in [7, 11) is 0. The maximum absolute atomic E-state index is 11.6. The zero-order valence-electron chi connectivity index (χ0n) is 11.8. The number of H-pyrrole nitrogens is 1. The highest BCUT2D eigenvalue weighted by Gasteiger charge is 2.02. The van der Waals surface area contributed by atoms with Crippen LogP contribution in [0.4, 0.5) is 0 Å². The summed E-state index contributed by atoms with van der Waals surface area (Å²) in [5.41, 5.74) is 5.44. The molecule has 0 aliphatic rings. The Balaban J connectivity index is 1.81. The number of carbonyl (C=O) groups excluding carboxylic acids is 1. The minimum Gasteiger partial charge on any atom is -0.484 e. The van der Waals surface area contributed by atoms with Crippen LogP contribution in [0.3, 0.4) is 0 Å². The average molecular weight is 350 g/mol. The Labute approximate surface area is 131 Å². The molecule has 6 heteroatoms. The van der Waals surface area contributed by atoms with E-state index in [1.165, 1.54) is 0 Å². The van der Waals surface area contributed by atoms with Gasteiger partial charge in [-0.3, -0.25) is 4.79 Å². The van der Waals surface area contributed by atoms with Crippen molar-refractivity contribution in [3.8, 4) is 5.75 Å². The maximum Gasteiger partial charge on any atom is 0.277 e. The van der Waals surface area contributed by atoms with Gasteiger partial charge < -0.3 is 9.72 Å². The third-order valence-electron chi connectivity index (χ3n) is 2.75. The molecule has 0 radical (unpaired) electrons. The SMILES string of the molecule is Cc1cc(/C=N/NC(=O)COc2cccc(Br)c2)c(C)[nH]1. The molecule has 0 atom stereocenters. The number of aromatic amines is 1. The van der Waals surface area contributed by atoms with Crippen molar-refractivity contribution < 1.29 is 9.53 Å². The highest BCUT2D eigenvalue weighted by atomic mass is 79.9. The molecule has 21 heavy (non-hydrogen) atoms. The number of aryl methyl sites for hydroxylation is 2. The molecule has 110 valence electrons. The molecule has 0 bridgehead atoms. The number of carbonyl (C=O) groups is 1. The van der Waals surface area contributed by atoms with E-state index in [0.717, 1.165) is 21.4 Å². The molecule has 0 fully saturated rings. The van der Waals surface area contributed by atoms with Gasteiger partial charge in [-0.05, 0) is 38.1 Å². The number of benzene rings is 1. The number of nitrogens with one attached hydrogen (secondary N) is 2. The summed E-state index contributed by atoms with van der Waals surface area (Å²) in [6.07, 6.45) is 1.61. The lowest BCUT2D eigenvalue weighted by Crippen LogP contribution is -2.24. The molecule has 2 aromatic rings. The van der Waals surface area contributed by atoms with E-state index in [0.29, 0.717) is 5.75 Å². The molecule has 1 aromatic heterocycles. The molecule has 1 amide bonds. The number of amides is 1. The predicted octanol–water partition coefficient (Wildman–Crippen LogP) is 2.92. The van der Waals surface area contributed by atoms with Gasteiger partial charge in [0.2, 0.25) is 0 Å². The van der Waals surface area contributed by atoms with Crippen LogP contribution in [0.25, 0.3) is 0 Å². The van der Waals surface area contributed by atoms with E-state index in [2.05, 4.69) is 31.4 Å². The van der Waals surface area contributed by atoms with Crippen LogP contribution in [-0.2, 0) is 4.79 Å². The second-order valence-electron chi connectivity index (χ2n) is 4.57. The molecule has 1 heterocycles. The molecule has 0 unspecified atom stereocenters. The van der Waals surface area contributed by atoms with Gasteiger partial charge in [0.25, 0.3) is 5.91 Å². The van der Waals surface area contributed by atoms with Gasteiger partial charge in [0.05, 0.1) is 6.21 Å². The number of ether oxygens (including phenoxy) is 1. The van der Waals surface area contributed by atoms with Gasteiger partial charge in [0.1, 0.15) is 5.75 Å². The molecule has 5 nitrogen and oxygen atoms in total. The van der Waals surface area contributed by atoms with E-state index in [1.807, 2.05) is 32.0 Å². The first-order valence-electron chi connectivity index (χ1n) is 6.41. The van der Waals surface area contributed by atoms with E-state index < -0.39 is 0 Å². The van der Waals surface area contributed by atoms with Crippen LogP contribution in [0.15, 0.2) is 39.9 Å². The van der Waals surface area contributed by atoms with E-state index in [4.69, 9.17) is 4.74 Å². The molecule has 0 saturated heterocycles. The van der Waals surface area contributed by atoms with Crippen LogP contribution in [0, 0.1) is 13.8 Å². The monoisotopic (exact) mass is 349 g/mol. The minimum absolute atomic E-state index is 0.0844. The summed E-state index contributed by atoms with van der Waals surface area (Å²) in [6, 6.07) is 9.27. The van der Waals surface area contributed by atoms with Crippen LogP contribution < -0.4 is 10.2 Å². The van der Waals surface area contributed by atoms with Crippen LogP contribution >= 0.6 is 15.9 Å². The van der Waals surface area contributed by atoms with Gasteiger partial charge in [0, 0.05) is 21.4 Å². The number of hydrogen-bond donors (Lipinski definition) is 2. The summed E-state index contributed by atoms with van der Waals surface area (Å²) in [5, 5.41) is 3.91. The fourth-order valence-corrected chi connectivity index (χ4v) is 2.17. The molecule has 0 saturated carbocycles. The van der Waals surface area contributed by atoms with Crippen LogP contribution in [0.1, 0.15) is 17.0 Å². The minimum atomic E-state index is -0.309. The third-order valence-corrected chi connectivity index (χ3v) is 3.24. The van der Waals surface area contributed by atoms with Crippen LogP contribution in [0.5, 0.6) is 5.75 Å². The second-order valence-corrected chi connectivity index (χ2v) is 5.49. The Morgan fingerprint density at radius 1 is 1.43 bits per heavy atom. The predicted molar refractivity (Wildman–Crippen MR) is 85.6 cm³/mol.